The van der Waals surface area contributed by atoms with Gasteiger partial charge in [0.2, 0.25) is 0 Å². The van der Waals surface area contributed by atoms with E-state index in [0.717, 1.165) is 22.3 Å². The quantitative estimate of drug-likeness (QED) is 0.113. The Hall–Kier alpha value is -5.78. The van der Waals surface area contributed by atoms with Crippen LogP contribution in [0.25, 0.3) is 27.1 Å². The van der Waals surface area contributed by atoms with E-state index in [9.17, 15) is 24.3 Å². The van der Waals surface area contributed by atoms with E-state index in [2.05, 4.69) is 4.85 Å². The number of ether oxygens (including phenoxy) is 1. The van der Waals surface area contributed by atoms with Crippen molar-refractivity contribution in [3.05, 3.63) is 152 Å². The van der Waals surface area contributed by atoms with Crippen molar-refractivity contribution in [1.82, 2.24) is 4.57 Å². The number of Topliss-reactive ketones (excluding diaryl/α,β-unsaturated/α-hetero) is 2. The standard InChI is InChI=1S/C39H31ClN2O6/c1-23-17-30(41-3)14-16-31(23)27-9-5-25(6-10-27)18-35(36(44)19-26-7-11-28(12-8-26)39(46)47)42-22-37(48-4)34(21-38(42)45)33-20-29(40)13-15-32(33)24(2)43/h5-17,20-22,35H,18-19H2,1-2,4H3,(H,46,47). The number of carbonyl (C=O) groups excluding carboxylic acids is 2. The van der Waals surface area contributed by atoms with Crippen LogP contribution in [0.2, 0.25) is 5.02 Å². The normalized spacial score (nSPS) is 11.4. The summed E-state index contributed by atoms with van der Waals surface area (Å²) >= 11 is 6.27. The highest BCUT2D eigenvalue weighted by Gasteiger charge is 2.25. The van der Waals surface area contributed by atoms with Crippen LogP contribution >= 0.6 is 11.6 Å². The molecule has 0 amide bonds. The van der Waals surface area contributed by atoms with Crippen molar-refractivity contribution in [2.24, 2.45) is 0 Å². The number of carboxylic acid groups (broad SMARTS) is 1. The Labute approximate surface area is 282 Å². The zero-order chi connectivity index (χ0) is 34.5. The predicted octanol–water partition coefficient (Wildman–Crippen LogP) is 8.20. The Morgan fingerprint density at radius 3 is 2.19 bits per heavy atom. The van der Waals surface area contributed by atoms with Crippen molar-refractivity contribution in [1.29, 1.82) is 0 Å². The molecule has 1 N–H and O–H groups in total. The molecule has 5 aromatic rings. The fraction of sp³-hybridized carbons (Fsp3) is 0.154. The molecule has 1 atom stereocenters. The summed E-state index contributed by atoms with van der Waals surface area (Å²) in [5.41, 5.74) is 5.65. The van der Waals surface area contributed by atoms with Crippen LogP contribution in [0.15, 0.2) is 102 Å². The number of carbonyl (C=O) groups is 3. The van der Waals surface area contributed by atoms with Gasteiger partial charge in [0.25, 0.3) is 5.56 Å². The van der Waals surface area contributed by atoms with Crippen LogP contribution < -0.4 is 10.3 Å². The second-order valence-electron chi connectivity index (χ2n) is 11.4. The highest BCUT2D eigenvalue weighted by Crippen LogP contribution is 2.35. The summed E-state index contributed by atoms with van der Waals surface area (Å²) in [6, 6.07) is 24.4. The van der Waals surface area contributed by atoms with Gasteiger partial charge in [-0.15, -0.1) is 0 Å². The number of hydrogen-bond donors (Lipinski definition) is 1. The maximum absolute atomic E-state index is 14.0. The molecule has 1 unspecified atom stereocenters. The molecule has 0 saturated heterocycles. The Balaban J connectivity index is 1.56. The zero-order valence-corrected chi connectivity index (χ0v) is 27.2. The summed E-state index contributed by atoms with van der Waals surface area (Å²) in [4.78, 5) is 55.1. The van der Waals surface area contributed by atoms with Crippen LogP contribution in [0.1, 0.15) is 50.4 Å². The number of hydrogen-bond acceptors (Lipinski definition) is 5. The van der Waals surface area contributed by atoms with E-state index < -0.39 is 17.6 Å². The van der Waals surface area contributed by atoms with Gasteiger partial charge in [0, 0.05) is 35.1 Å². The number of pyridine rings is 1. The number of aromatic carboxylic acids is 1. The van der Waals surface area contributed by atoms with Crippen molar-refractivity contribution < 1.29 is 24.2 Å². The zero-order valence-electron chi connectivity index (χ0n) is 26.5. The van der Waals surface area contributed by atoms with Gasteiger partial charge in [-0.3, -0.25) is 14.4 Å². The van der Waals surface area contributed by atoms with Crippen LogP contribution in [0.3, 0.4) is 0 Å². The van der Waals surface area contributed by atoms with Crippen molar-refractivity contribution in [2.75, 3.05) is 7.11 Å². The third kappa shape index (κ3) is 7.27. The molecular weight excluding hydrogens is 628 g/mol. The molecule has 0 bridgehead atoms. The molecular formula is C39H31ClN2O6. The first kappa shape index (κ1) is 33.6. The number of halogens is 1. The van der Waals surface area contributed by atoms with E-state index in [0.29, 0.717) is 33.0 Å². The van der Waals surface area contributed by atoms with Crippen LogP contribution in [-0.4, -0.2) is 34.3 Å². The Morgan fingerprint density at radius 1 is 0.896 bits per heavy atom. The minimum atomic E-state index is -1.07. The maximum Gasteiger partial charge on any atom is 0.335 e. The highest BCUT2D eigenvalue weighted by molar-refractivity contribution is 6.31. The number of methoxy groups -OCH3 is 1. The van der Waals surface area contributed by atoms with E-state index in [1.54, 1.807) is 36.4 Å². The van der Waals surface area contributed by atoms with Crippen molar-refractivity contribution in [3.63, 3.8) is 0 Å². The number of nitrogens with zero attached hydrogens (tertiary/aromatic N) is 2. The van der Waals surface area contributed by atoms with Gasteiger partial charge in [0.1, 0.15) is 5.75 Å². The van der Waals surface area contributed by atoms with Gasteiger partial charge in [-0.25, -0.2) is 9.64 Å². The predicted molar refractivity (Wildman–Crippen MR) is 185 cm³/mol. The van der Waals surface area contributed by atoms with Crippen molar-refractivity contribution in [3.8, 4) is 28.0 Å². The Morgan fingerprint density at radius 2 is 1.58 bits per heavy atom. The maximum atomic E-state index is 14.0. The second-order valence-corrected chi connectivity index (χ2v) is 11.9. The second kappa shape index (κ2) is 14.3. The number of carboxylic acids is 1. The van der Waals surface area contributed by atoms with E-state index in [1.165, 1.54) is 43.0 Å². The molecule has 0 saturated carbocycles. The van der Waals surface area contributed by atoms with Crippen LogP contribution in [0.5, 0.6) is 5.75 Å². The van der Waals surface area contributed by atoms with E-state index >= 15 is 0 Å². The lowest BCUT2D eigenvalue weighted by molar-refractivity contribution is -0.121. The summed E-state index contributed by atoms with van der Waals surface area (Å²) in [5, 5.41) is 9.66. The van der Waals surface area contributed by atoms with Crippen molar-refractivity contribution in [2.45, 2.75) is 32.7 Å². The molecule has 0 aliphatic rings. The van der Waals surface area contributed by atoms with Gasteiger partial charge in [0.05, 0.1) is 31.5 Å². The number of ketones is 2. The molecule has 1 heterocycles. The van der Waals surface area contributed by atoms with E-state index in [1.807, 2.05) is 43.3 Å². The molecule has 0 radical (unpaired) electrons. The Bertz CT molecular complexity index is 2140. The third-order valence-electron chi connectivity index (χ3n) is 8.23. The Kier molecular flexibility index (Phi) is 10.0. The lowest BCUT2D eigenvalue weighted by Crippen LogP contribution is -2.32. The minimum absolute atomic E-state index is 0.0471. The molecule has 0 spiro atoms. The summed E-state index contributed by atoms with van der Waals surface area (Å²) < 4.78 is 7.04. The number of rotatable bonds is 11. The topological polar surface area (TPSA) is 107 Å². The molecule has 240 valence electrons. The first-order valence-corrected chi connectivity index (χ1v) is 15.4. The SMILES string of the molecule is [C-]#[N+]c1ccc(-c2ccc(CC(C(=O)Cc3ccc(C(=O)O)cc3)n3cc(OC)c(-c4cc(Cl)ccc4C(C)=O)cc3=O)cc2)c(C)c1. The van der Waals surface area contributed by atoms with E-state index in [4.69, 9.17) is 22.9 Å². The fourth-order valence-corrected chi connectivity index (χ4v) is 5.90. The largest absolute Gasteiger partial charge is 0.495 e. The lowest BCUT2D eigenvalue weighted by atomic mass is 9.94. The summed E-state index contributed by atoms with van der Waals surface area (Å²) in [6.45, 7) is 10.6. The first-order valence-electron chi connectivity index (χ1n) is 15.0. The molecule has 48 heavy (non-hydrogen) atoms. The molecule has 5 rings (SSSR count). The average Bonchev–Trinajstić information content (AvgIpc) is 3.07. The number of aryl methyl sites for hydroxylation is 1. The molecule has 9 heteroatoms. The summed E-state index contributed by atoms with van der Waals surface area (Å²) in [7, 11) is 1.44. The van der Waals surface area contributed by atoms with Gasteiger partial charge in [0.15, 0.2) is 17.3 Å². The molecule has 0 fully saturated rings. The monoisotopic (exact) mass is 658 g/mol. The smallest absolute Gasteiger partial charge is 0.335 e. The average molecular weight is 659 g/mol. The van der Waals surface area contributed by atoms with Gasteiger partial charge >= 0.3 is 5.97 Å². The molecule has 0 aliphatic carbocycles. The summed E-state index contributed by atoms with van der Waals surface area (Å²) in [5.74, 6) is -1.28. The number of benzene rings is 4. The molecule has 8 nitrogen and oxygen atoms in total. The van der Waals surface area contributed by atoms with Gasteiger partial charge in [-0.05, 0) is 72.0 Å². The fourth-order valence-electron chi connectivity index (χ4n) is 5.73. The lowest BCUT2D eigenvalue weighted by Gasteiger charge is -2.22. The first-order chi connectivity index (χ1) is 23.0. The molecule has 0 aliphatic heterocycles. The summed E-state index contributed by atoms with van der Waals surface area (Å²) in [6.07, 6.45) is 1.62. The minimum Gasteiger partial charge on any atom is -0.495 e. The van der Waals surface area contributed by atoms with Crippen molar-refractivity contribution >= 4 is 34.8 Å². The van der Waals surface area contributed by atoms with Gasteiger partial charge < -0.3 is 14.4 Å². The van der Waals surface area contributed by atoms with E-state index in [-0.39, 0.29) is 35.7 Å². The number of aromatic nitrogens is 1. The molecule has 4 aromatic carbocycles. The van der Waals surface area contributed by atoms with Gasteiger partial charge in [-0.1, -0.05) is 71.8 Å². The highest BCUT2D eigenvalue weighted by atomic mass is 35.5. The molecule has 1 aromatic heterocycles. The van der Waals surface area contributed by atoms with Gasteiger partial charge in [-0.2, -0.15) is 0 Å². The third-order valence-corrected chi connectivity index (χ3v) is 8.47. The van der Waals surface area contributed by atoms with Crippen LogP contribution in [0.4, 0.5) is 5.69 Å². The van der Waals surface area contributed by atoms with Crippen LogP contribution in [-0.2, 0) is 17.6 Å². The van der Waals surface area contributed by atoms with Crippen LogP contribution in [0, 0.1) is 13.5 Å².